The van der Waals surface area contributed by atoms with Crippen LogP contribution in [0.1, 0.15) is 48.9 Å². The van der Waals surface area contributed by atoms with Crippen LogP contribution in [0.2, 0.25) is 0 Å². The van der Waals surface area contributed by atoms with Gasteiger partial charge in [-0.05, 0) is 18.2 Å². The lowest BCUT2D eigenvalue weighted by Crippen LogP contribution is -2.54. The molecule has 2 N–H and O–H groups in total. The zero-order valence-corrected chi connectivity index (χ0v) is 12.9. The number of nitrogens with one attached hydrogen (secondary N) is 1. The van der Waals surface area contributed by atoms with Crippen molar-refractivity contribution in [1.29, 1.82) is 0 Å². The van der Waals surface area contributed by atoms with E-state index in [2.05, 4.69) is 10.3 Å². The van der Waals surface area contributed by atoms with Gasteiger partial charge >= 0.3 is 5.97 Å². The smallest absolute Gasteiger partial charge is 0.329 e. The van der Waals surface area contributed by atoms with E-state index in [-0.39, 0.29) is 5.91 Å². The fourth-order valence-corrected chi connectivity index (χ4v) is 3.31. The molecular weight excluding hydrogens is 292 g/mol. The number of hydrogen-bond donors (Lipinski definition) is 2. The molecule has 0 atom stereocenters. The Labute approximate surface area is 134 Å². The summed E-state index contributed by atoms with van der Waals surface area (Å²) in [5.74, 6) is -1.31. The average Bonchev–Trinajstić information content (AvgIpc) is 2.81. The molecule has 23 heavy (non-hydrogen) atoms. The van der Waals surface area contributed by atoms with Gasteiger partial charge in [0.25, 0.3) is 5.91 Å². The highest BCUT2D eigenvalue weighted by Gasteiger charge is 2.40. The first-order valence-electron chi connectivity index (χ1n) is 8.01. The SMILES string of the molecule is O=C(NC1(C(=O)O)CCCCCC1)c1cncc2ccccc12. The molecule has 1 fully saturated rings. The number of amides is 1. The van der Waals surface area contributed by atoms with Gasteiger partial charge in [0.05, 0.1) is 5.56 Å². The number of benzene rings is 1. The van der Waals surface area contributed by atoms with Gasteiger partial charge in [0.15, 0.2) is 0 Å². The van der Waals surface area contributed by atoms with Crippen molar-refractivity contribution in [1.82, 2.24) is 10.3 Å². The molecule has 2 aromatic rings. The molecule has 1 aromatic heterocycles. The van der Waals surface area contributed by atoms with Gasteiger partial charge in [-0.1, -0.05) is 49.9 Å². The molecule has 1 heterocycles. The van der Waals surface area contributed by atoms with Crippen LogP contribution < -0.4 is 5.32 Å². The van der Waals surface area contributed by atoms with Crippen molar-refractivity contribution in [3.8, 4) is 0 Å². The van der Waals surface area contributed by atoms with Crippen LogP contribution in [-0.2, 0) is 4.79 Å². The Morgan fingerprint density at radius 1 is 1.04 bits per heavy atom. The Morgan fingerprint density at radius 3 is 2.43 bits per heavy atom. The number of nitrogens with zero attached hydrogens (tertiary/aromatic N) is 1. The largest absolute Gasteiger partial charge is 0.480 e. The van der Waals surface area contributed by atoms with Gasteiger partial charge in [-0.3, -0.25) is 9.78 Å². The molecule has 1 aromatic carbocycles. The Bertz CT molecular complexity index is 729. The first-order valence-corrected chi connectivity index (χ1v) is 8.01. The van der Waals surface area contributed by atoms with Gasteiger partial charge in [0.1, 0.15) is 5.54 Å². The predicted octanol–water partition coefficient (Wildman–Crippen LogP) is 3.14. The van der Waals surface area contributed by atoms with E-state index in [0.717, 1.165) is 36.5 Å². The van der Waals surface area contributed by atoms with Gasteiger partial charge in [-0.25, -0.2) is 4.79 Å². The van der Waals surface area contributed by atoms with Gasteiger partial charge in [0, 0.05) is 17.8 Å². The number of fused-ring (bicyclic) bond motifs is 1. The van der Waals surface area contributed by atoms with Crippen molar-refractivity contribution in [3.63, 3.8) is 0 Å². The molecular formula is C18H20N2O3. The molecule has 1 aliphatic rings. The van der Waals surface area contributed by atoms with Crippen LogP contribution in [0.4, 0.5) is 0 Å². The summed E-state index contributed by atoms with van der Waals surface area (Å²) in [4.78, 5) is 28.7. The van der Waals surface area contributed by atoms with Gasteiger partial charge in [-0.15, -0.1) is 0 Å². The standard InChI is InChI=1S/C18H20N2O3/c21-16(15-12-19-11-13-7-3-4-8-14(13)15)20-18(17(22)23)9-5-1-2-6-10-18/h3-4,7-8,11-12H,1-2,5-6,9-10H2,(H,20,21)(H,22,23). The second-order valence-corrected chi connectivity index (χ2v) is 6.16. The third kappa shape index (κ3) is 3.04. The number of rotatable bonds is 3. The maximum Gasteiger partial charge on any atom is 0.329 e. The quantitative estimate of drug-likeness (QED) is 0.853. The Morgan fingerprint density at radius 2 is 1.74 bits per heavy atom. The monoisotopic (exact) mass is 312 g/mol. The highest BCUT2D eigenvalue weighted by molar-refractivity contribution is 6.07. The van der Waals surface area contributed by atoms with Crippen LogP contribution in [0.25, 0.3) is 10.8 Å². The number of carbonyl (C=O) groups excluding carboxylic acids is 1. The lowest BCUT2D eigenvalue weighted by Gasteiger charge is -2.29. The van der Waals surface area contributed by atoms with E-state index in [1.54, 1.807) is 6.20 Å². The van der Waals surface area contributed by atoms with E-state index in [0.29, 0.717) is 18.4 Å². The molecule has 0 spiro atoms. The highest BCUT2D eigenvalue weighted by atomic mass is 16.4. The Hall–Kier alpha value is -2.43. The molecule has 3 rings (SSSR count). The van der Waals surface area contributed by atoms with E-state index in [9.17, 15) is 14.7 Å². The normalized spacial score (nSPS) is 17.4. The van der Waals surface area contributed by atoms with Gasteiger partial charge in [-0.2, -0.15) is 0 Å². The average molecular weight is 312 g/mol. The summed E-state index contributed by atoms with van der Waals surface area (Å²) in [6, 6.07) is 7.48. The number of carbonyl (C=O) groups is 2. The summed E-state index contributed by atoms with van der Waals surface area (Å²) in [5.41, 5.74) is -0.738. The van der Waals surface area contributed by atoms with Crippen LogP contribution in [0.5, 0.6) is 0 Å². The topological polar surface area (TPSA) is 79.3 Å². The first-order chi connectivity index (χ1) is 11.1. The van der Waals surface area contributed by atoms with E-state index in [4.69, 9.17) is 0 Å². The summed E-state index contributed by atoms with van der Waals surface area (Å²) in [5, 5.41) is 14.1. The molecule has 1 saturated carbocycles. The number of carboxylic acids is 1. The van der Waals surface area contributed by atoms with Crippen LogP contribution in [0.15, 0.2) is 36.7 Å². The molecule has 0 unspecified atom stereocenters. The molecule has 0 aliphatic heterocycles. The van der Waals surface area contributed by atoms with E-state index in [1.165, 1.54) is 6.20 Å². The van der Waals surface area contributed by atoms with Gasteiger partial charge < -0.3 is 10.4 Å². The zero-order valence-electron chi connectivity index (χ0n) is 12.9. The van der Waals surface area contributed by atoms with Crippen LogP contribution >= 0.6 is 0 Å². The molecule has 1 amide bonds. The lowest BCUT2D eigenvalue weighted by atomic mass is 9.89. The molecule has 5 nitrogen and oxygen atoms in total. The second kappa shape index (κ2) is 6.36. The van der Waals surface area contributed by atoms with Crippen molar-refractivity contribution >= 4 is 22.6 Å². The third-order valence-corrected chi connectivity index (χ3v) is 4.63. The zero-order chi connectivity index (χ0) is 16.3. The predicted molar refractivity (Wildman–Crippen MR) is 87.3 cm³/mol. The van der Waals surface area contributed by atoms with Crippen molar-refractivity contribution in [2.24, 2.45) is 0 Å². The summed E-state index contributed by atoms with van der Waals surface area (Å²) in [6.07, 6.45) is 7.83. The number of aliphatic carboxylic acids is 1. The van der Waals surface area contributed by atoms with Crippen molar-refractivity contribution in [2.75, 3.05) is 0 Å². The minimum absolute atomic E-state index is 0.362. The Balaban J connectivity index is 1.93. The fraction of sp³-hybridized carbons (Fsp3) is 0.389. The third-order valence-electron chi connectivity index (χ3n) is 4.63. The Kier molecular flexibility index (Phi) is 4.28. The second-order valence-electron chi connectivity index (χ2n) is 6.16. The molecule has 120 valence electrons. The summed E-state index contributed by atoms with van der Waals surface area (Å²) in [7, 11) is 0. The number of carboxylic acid groups (broad SMARTS) is 1. The molecule has 0 bridgehead atoms. The van der Waals surface area contributed by atoms with E-state index >= 15 is 0 Å². The highest BCUT2D eigenvalue weighted by Crippen LogP contribution is 2.28. The minimum Gasteiger partial charge on any atom is -0.480 e. The minimum atomic E-state index is -1.16. The number of aromatic nitrogens is 1. The summed E-state index contributed by atoms with van der Waals surface area (Å²) in [6.45, 7) is 0. The van der Waals surface area contributed by atoms with Crippen LogP contribution in [0.3, 0.4) is 0 Å². The van der Waals surface area contributed by atoms with Crippen molar-refractivity contribution in [2.45, 2.75) is 44.1 Å². The molecule has 0 saturated heterocycles. The first kappa shape index (κ1) is 15.5. The lowest BCUT2D eigenvalue weighted by molar-refractivity contribution is -0.145. The van der Waals surface area contributed by atoms with Gasteiger partial charge in [0.2, 0.25) is 0 Å². The number of pyridine rings is 1. The summed E-state index contributed by atoms with van der Waals surface area (Å²) < 4.78 is 0. The fourth-order valence-electron chi connectivity index (χ4n) is 3.31. The van der Waals surface area contributed by atoms with E-state index < -0.39 is 11.5 Å². The molecule has 0 radical (unpaired) electrons. The maximum atomic E-state index is 12.7. The van der Waals surface area contributed by atoms with Crippen LogP contribution in [0, 0.1) is 0 Å². The van der Waals surface area contributed by atoms with E-state index in [1.807, 2.05) is 24.3 Å². The maximum absolute atomic E-state index is 12.7. The number of hydrogen-bond acceptors (Lipinski definition) is 3. The van der Waals surface area contributed by atoms with Crippen LogP contribution in [-0.4, -0.2) is 27.5 Å². The van der Waals surface area contributed by atoms with Crippen molar-refractivity contribution in [3.05, 3.63) is 42.2 Å². The van der Waals surface area contributed by atoms with Crippen molar-refractivity contribution < 1.29 is 14.7 Å². The molecule has 5 heteroatoms. The molecule has 1 aliphatic carbocycles. The summed E-state index contributed by atoms with van der Waals surface area (Å²) >= 11 is 0.